The largest absolute Gasteiger partial charge is 0.457 e. The molecule has 5 rings (SSSR count). The molecule has 0 atom stereocenters. The molecule has 3 aromatic rings. The van der Waals surface area contributed by atoms with Crippen molar-refractivity contribution in [2.75, 3.05) is 43.1 Å². The summed E-state index contributed by atoms with van der Waals surface area (Å²) in [5.74, 6) is -0.857. The van der Waals surface area contributed by atoms with Crippen LogP contribution in [0.25, 0.3) is 17.4 Å². The van der Waals surface area contributed by atoms with Crippen LogP contribution in [-0.2, 0) is 20.5 Å². The number of imide groups is 1. The first-order valence-corrected chi connectivity index (χ1v) is 12.7. The van der Waals surface area contributed by atoms with E-state index in [2.05, 4.69) is 10.2 Å². The fourth-order valence-electron chi connectivity index (χ4n) is 4.19. The molecule has 0 saturated carbocycles. The van der Waals surface area contributed by atoms with Crippen molar-refractivity contribution in [2.45, 2.75) is 6.18 Å². The first kappa shape index (κ1) is 26.6. The zero-order valence-corrected chi connectivity index (χ0v) is 21.2. The summed E-state index contributed by atoms with van der Waals surface area (Å²) in [6.45, 7) is 2.00. The highest BCUT2D eigenvalue weighted by Crippen LogP contribution is 2.35. The number of halogens is 3. The van der Waals surface area contributed by atoms with E-state index in [-0.39, 0.29) is 22.0 Å². The first-order valence-electron chi connectivity index (χ1n) is 11.9. The number of furan rings is 1. The molecular weight excluding hydrogens is 535 g/mol. The molecule has 3 heterocycles. The zero-order valence-electron chi connectivity index (χ0n) is 20.4. The van der Waals surface area contributed by atoms with Crippen molar-refractivity contribution in [3.63, 3.8) is 0 Å². The number of amides is 3. The van der Waals surface area contributed by atoms with Crippen LogP contribution in [0.5, 0.6) is 0 Å². The number of anilines is 2. The van der Waals surface area contributed by atoms with E-state index < -0.39 is 35.3 Å². The average Bonchev–Trinajstić information content (AvgIpc) is 3.49. The minimum absolute atomic E-state index is 0.0338. The van der Waals surface area contributed by atoms with Crippen molar-refractivity contribution in [1.82, 2.24) is 4.90 Å². The van der Waals surface area contributed by atoms with Gasteiger partial charge in [-0.1, -0.05) is 24.3 Å². The van der Waals surface area contributed by atoms with Crippen molar-refractivity contribution < 1.29 is 36.7 Å². The van der Waals surface area contributed by atoms with Gasteiger partial charge in [-0.05, 0) is 48.2 Å². The number of carbonyl (C=O) groups excluding carboxylic acids is 3. The average molecular weight is 558 g/mol. The fraction of sp³-hybridized carbons (Fsp3) is 0.222. The maximum absolute atomic E-state index is 13.0. The lowest BCUT2D eigenvalue weighted by Gasteiger charge is -2.30. The second-order valence-electron chi connectivity index (χ2n) is 8.71. The van der Waals surface area contributed by atoms with Gasteiger partial charge in [0.1, 0.15) is 18.1 Å². The van der Waals surface area contributed by atoms with Gasteiger partial charge >= 0.3 is 6.18 Å². The number of rotatable bonds is 6. The monoisotopic (exact) mass is 557 g/mol. The Morgan fingerprint density at radius 3 is 2.56 bits per heavy atom. The molecule has 1 N–H and O–H groups in total. The topological polar surface area (TPSA) is 92.1 Å². The summed E-state index contributed by atoms with van der Waals surface area (Å²) in [7, 11) is 0. The first-order chi connectivity index (χ1) is 18.7. The Morgan fingerprint density at radius 1 is 1.03 bits per heavy atom. The van der Waals surface area contributed by atoms with Crippen molar-refractivity contribution >= 4 is 46.3 Å². The lowest BCUT2D eigenvalue weighted by Crippen LogP contribution is -2.38. The highest BCUT2D eigenvalue weighted by molar-refractivity contribution is 8.18. The van der Waals surface area contributed by atoms with Crippen LogP contribution in [0.3, 0.4) is 0 Å². The van der Waals surface area contributed by atoms with Crippen LogP contribution in [0.4, 0.5) is 29.3 Å². The SMILES string of the molecule is O=C(CN1C(=O)S/C(=C/c2ccc(-c3cccc(C(F)(F)F)c3)o2)C1=O)Nc1ccccc1N1CCOCC1. The Hall–Kier alpha value is -4.03. The fourth-order valence-corrected chi connectivity index (χ4v) is 5.01. The molecule has 8 nitrogen and oxygen atoms in total. The number of nitrogens with one attached hydrogen (secondary N) is 1. The summed E-state index contributed by atoms with van der Waals surface area (Å²) >= 11 is 0.649. The van der Waals surface area contributed by atoms with E-state index in [0.717, 1.165) is 22.7 Å². The molecule has 39 heavy (non-hydrogen) atoms. The Balaban J connectivity index is 1.26. The van der Waals surface area contributed by atoms with E-state index >= 15 is 0 Å². The van der Waals surface area contributed by atoms with Crippen LogP contribution in [0.1, 0.15) is 11.3 Å². The summed E-state index contributed by atoms with van der Waals surface area (Å²) < 4.78 is 50.1. The minimum Gasteiger partial charge on any atom is -0.457 e. The number of hydrogen-bond donors (Lipinski definition) is 1. The van der Waals surface area contributed by atoms with Gasteiger partial charge in [0.15, 0.2) is 0 Å². The third kappa shape index (κ3) is 6.02. The molecule has 2 aliphatic heterocycles. The van der Waals surface area contributed by atoms with Crippen LogP contribution >= 0.6 is 11.8 Å². The molecule has 0 bridgehead atoms. The molecule has 1 aromatic heterocycles. The van der Waals surface area contributed by atoms with Gasteiger partial charge in [-0.15, -0.1) is 0 Å². The van der Waals surface area contributed by atoms with E-state index in [0.29, 0.717) is 43.8 Å². The summed E-state index contributed by atoms with van der Waals surface area (Å²) in [4.78, 5) is 41.2. The van der Waals surface area contributed by atoms with Crippen molar-refractivity contribution in [1.29, 1.82) is 0 Å². The van der Waals surface area contributed by atoms with Gasteiger partial charge in [-0.25, -0.2) is 0 Å². The zero-order chi connectivity index (χ0) is 27.6. The number of ether oxygens (including phenoxy) is 1. The van der Waals surface area contributed by atoms with Gasteiger partial charge in [0, 0.05) is 24.7 Å². The van der Waals surface area contributed by atoms with Crippen molar-refractivity contribution in [3.05, 3.63) is 76.9 Å². The Kier molecular flexibility index (Phi) is 7.49. The van der Waals surface area contributed by atoms with Crippen molar-refractivity contribution in [2.24, 2.45) is 0 Å². The molecule has 202 valence electrons. The molecule has 12 heteroatoms. The van der Waals surface area contributed by atoms with Gasteiger partial charge in [-0.2, -0.15) is 13.2 Å². The number of alkyl halides is 3. The Labute approximate surface area is 225 Å². The number of thioether (sulfide) groups is 1. The normalized spacial score (nSPS) is 17.3. The molecule has 0 aliphatic carbocycles. The molecule has 0 spiro atoms. The Morgan fingerprint density at radius 2 is 1.79 bits per heavy atom. The van der Waals surface area contributed by atoms with E-state index in [4.69, 9.17) is 9.15 Å². The molecule has 2 fully saturated rings. The van der Waals surface area contributed by atoms with E-state index in [1.165, 1.54) is 30.3 Å². The van der Waals surface area contributed by atoms with Gasteiger partial charge in [0.25, 0.3) is 11.1 Å². The van der Waals surface area contributed by atoms with Gasteiger partial charge < -0.3 is 19.4 Å². The smallest absolute Gasteiger partial charge is 0.416 e. The van der Waals surface area contributed by atoms with Gasteiger partial charge in [-0.3, -0.25) is 19.3 Å². The second-order valence-corrected chi connectivity index (χ2v) is 9.71. The lowest BCUT2D eigenvalue weighted by molar-refractivity contribution is -0.137. The molecule has 2 aliphatic rings. The third-order valence-corrected chi connectivity index (χ3v) is 6.99. The van der Waals surface area contributed by atoms with E-state index in [1.807, 2.05) is 12.1 Å². The highest BCUT2D eigenvalue weighted by Gasteiger charge is 2.37. The standard InChI is InChI=1S/C27H22F3N3O5S/c28-27(29,30)18-5-3-4-17(14-18)22-9-8-19(38-22)15-23-25(35)33(26(36)39-23)16-24(34)31-20-6-1-2-7-21(20)32-10-12-37-13-11-32/h1-9,14-15H,10-13,16H2,(H,31,34)/b23-15+. The Bertz CT molecular complexity index is 1450. The predicted octanol–water partition coefficient (Wildman–Crippen LogP) is 5.48. The van der Waals surface area contributed by atoms with Crippen LogP contribution in [0.15, 0.2) is 70.0 Å². The van der Waals surface area contributed by atoms with Crippen molar-refractivity contribution in [3.8, 4) is 11.3 Å². The highest BCUT2D eigenvalue weighted by atomic mass is 32.2. The third-order valence-electron chi connectivity index (χ3n) is 6.08. The minimum atomic E-state index is -4.50. The summed E-state index contributed by atoms with van der Waals surface area (Å²) in [6, 6.07) is 14.9. The molecule has 0 radical (unpaired) electrons. The summed E-state index contributed by atoms with van der Waals surface area (Å²) in [5.41, 5.74) is 0.777. The van der Waals surface area contributed by atoms with E-state index in [1.54, 1.807) is 12.1 Å². The summed E-state index contributed by atoms with van der Waals surface area (Å²) in [5, 5.41) is 2.16. The molecule has 0 unspecified atom stereocenters. The van der Waals surface area contributed by atoms with Crippen LogP contribution in [-0.4, -0.2) is 54.8 Å². The van der Waals surface area contributed by atoms with Crippen LogP contribution < -0.4 is 10.2 Å². The molecular formula is C27H22F3N3O5S. The van der Waals surface area contributed by atoms with Gasteiger partial charge in [0.2, 0.25) is 5.91 Å². The number of carbonyl (C=O) groups is 3. The number of para-hydroxylation sites is 2. The van der Waals surface area contributed by atoms with Gasteiger partial charge in [0.05, 0.1) is 35.1 Å². The van der Waals surface area contributed by atoms with Crippen LogP contribution in [0.2, 0.25) is 0 Å². The summed E-state index contributed by atoms with van der Waals surface area (Å²) in [6.07, 6.45) is -3.17. The quantitative estimate of drug-likeness (QED) is 0.402. The predicted molar refractivity (Wildman–Crippen MR) is 140 cm³/mol. The van der Waals surface area contributed by atoms with E-state index in [9.17, 15) is 27.6 Å². The maximum Gasteiger partial charge on any atom is 0.416 e. The number of benzene rings is 2. The lowest BCUT2D eigenvalue weighted by atomic mass is 10.1. The second kappa shape index (κ2) is 11.0. The van der Waals surface area contributed by atoms with Crippen LogP contribution in [0, 0.1) is 0 Å². The maximum atomic E-state index is 13.0. The number of nitrogens with zero attached hydrogens (tertiary/aromatic N) is 2. The molecule has 2 saturated heterocycles. The number of morpholine rings is 1. The molecule has 2 aromatic carbocycles. The molecule has 3 amide bonds. The number of hydrogen-bond acceptors (Lipinski definition) is 7.